The molecule has 5 nitrogen and oxygen atoms in total. The number of carbonyl (C=O) groups is 1. The molecule has 0 aliphatic carbocycles. The highest BCUT2D eigenvalue weighted by atomic mass is 16.5. The van der Waals surface area contributed by atoms with Crippen LogP contribution in [0.4, 0.5) is 0 Å². The highest BCUT2D eigenvalue weighted by Crippen LogP contribution is 2.21. The fraction of sp³-hybridized carbons (Fsp3) is 0.250. The average Bonchev–Trinajstić information content (AvgIpc) is 2.53. The van der Waals surface area contributed by atoms with E-state index in [1.807, 2.05) is 24.3 Å². The van der Waals surface area contributed by atoms with E-state index in [0.717, 1.165) is 17.0 Å². The van der Waals surface area contributed by atoms with Gasteiger partial charge in [0.25, 0.3) is 5.56 Å². The van der Waals surface area contributed by atoms with Crippen LogP contribution in [0.25, 0.3) is 11.3 Å². The number of benzene rings is 1. The molecule has 21 heavy (non-hydrogen) atoms. The van der Waals surface area contributed by atoms with E-state index in [9.17, 15) is 9.59 Å². The molecule has 0 saturated heterocycles. The summed E-state index contributed by atoms with van der Waals surface area (Å²) in [5, 5.41) is 0. The van der Waals surface area contributed by atoms with E-state index in [1.165, 1.54) is 6.07 Å². The monoisotopic (exact) mass is 287 g/mol. The third-order valence-corrected chi connectivity index (χ3v) is 3.24. The summed E-state index contributed by atoms with van der Waals surface area (Å²) in [7, 11) is 3.17. The molecule has 0 atom stereocenters. The molecule has 110 valence electrons. The van der Waals surface area contributed by atoms with E-state index in [-0.39, 0.29) is 11.1 Å². The van der Waals surface area contributed by atoms with Crippen molar-refractivity contribution in [2.24, 2.45) is 0 Å². The van der Waals surface area contributed by atoms with Crippen molar-refractivity contribution in [3.63, 3.8) is 0 Å². The summed E-state index contributed by atoms with van der Waals surface area (Å²) in [6.45, 7) is 0.781. The molecular formula is C16H17NO4. The first-order chi connectivity index (χ1) is 10.2. The lowest BCUT2D eigenvalue weighted by Crippen LogP contribution is -2.26. The number of ether oxygens (including phenoxy) is 2. The highest BCUT2D eigenvalue weighted by Gasteiger charge is 2.10. The maximum absolute atomic E-state index is 12.3. The number of methoxy groups -OCH3 is 2. The van der Waals surface area contributed by atoms with Crippen LogP contribution in [0, 0.1) is 0 Å². The molecule has 5 heteroatoms. The van der Waals surface area contributed by atoms with Gasteiger partial charge in [-0.1, -0.05) is 0 Å². The summed E-state index contributed by atoms with van der Waals surface area (Å²) in [6, 6.07) is 10.7. The van der Waals surface area contributed by atoms with Crippen molar-refractivity contribution >= 4 is 6.29 Å². The van der Waals surface area contributed by atoms with E-state index in [1.54, 1.807) is 24.9 Å². The van der Waals surface area contributed by atoms with Gasteiger partial charge in [0, 0.05) is 13.7 Å². The maximum atomic E-state index is 12.3. The SMILES string of the molecule is COCCn1c(-c2ccc(OC)cc2)ccc(C=O)c1=O. The van der Waals surface area contributed by atoms with Gasteiger partial charge in [-0.25, -0.2) is 0 Å². The zero-order chi connectivity index (χ0) is 15.2. The first kappa shape index (κ1) is 15.0. The first-order valence-corrected chi connectivity index (χ1v) is 6.53. The van der Waals surface area contributed by atoms with Crippen LogP contribution in [0.2, 0.25) is 0 Å². The Balaban J connectivity index is 2.52. The predicted octanol–water partition coefficient (Wildman–Crippen LogP) is 1.98. The number of hydrogen-bond donors (Lipinski definition) is 0. The molecule has 1 heterocycles. The quantitative estimate of drug-likeness (QED) is 0.762. The van der Waals surface area contributed by atoms with Gasteiger partial charge in [0.2, 0.25) is 0 Å². The second-order valence-corrected chi connectivity index (χ2v) is 4.47. The lowest BCUT2D eigenvalue weighted by Gasteiger charge is -2.13. The Morgan fingerprint density at radius 3 is 2.38 bits per heavy atom. The summed E-state index contributed by atoms with van der Waals surface area (Å²) >= 11 is 0. The van der Waals surface area contributed by atoms with Crippen molar-refractivity contribution in [2.75, 3.05) is 20.8 Å². The molecule has 2 rings (SSSR count). The van der Waals surface area contributed by atoms with Crippen LogP contribution in [0.5, 0.6) is 5.75 Å². The van der Waals surface area contributed by atoms with Gasteiger partial charge in [-0.05, 0) is 42.0 Å². The van der Waals surface area contributed by atoms with Crippen molar-refractivity contribution in [1.29, 1.82) is 0 Å². The van der Waals surface area contributed by atoms with Crippen molar-refractivity contribution in [3.05, 3.63) is 52.3 Å². The number of aromatic nitrogens is 1. The lowest BCUT2D eigenvalue weighted by molar-refractivity contribution is 0.112. The standard InChI is InChI=1S/C16H17NO4/c1-20-10-9-17-15(8-5-13(11-18)16(17)19)12-3-6-14(21-2)7-4-12/h3-8,11H,9-10H2,1-2H3. The molecule has 0 saturated carbocycles. The van der Waals surface area contributed by atoms with E-state index in [2.05, 4.69) is 0 Å². The Kier molecular flexibility index (Phi) is 4.90. The van der Waals surface area contributed by atoms with Crippen LogP contribution in [-0.2, 0) is 11.3 Å². The van der Waals surface area contributed by atoms with Crippen LogP contribution >= 0.6 is 0 Å². The van der Waals surface area contributed by atoms with Gasteiger partial charge in [0.15, 0.2) is 6.29 Å². The van der Waals surface area contributed by atoms with Gasteiger partial charge in [-0.3, -0.25) is 9.59 Å². The van der Waals surface area contributed by atoms with Gasteiger partial charge < -0.3 is 14.0 Å². The Labute approximate surface area is 122 Å². The number of aldehydes is 1. The maximum Gasteiger partial charge on any atom is 0.261 e. The van der Waals surface area contributed by atoms with Crippen molar-refractivity contribution in [3.8, 4) is 17.0 Å². The Hall–Kier alpha value is -2.40. The Morgan fingerprint density at radius 2 is 1.81 bits per heavy atom. The molecule has 0 amide bonds. The van der Waals surface area contributed by atoms with Gasteiger partial charge in [0.05, 0.1) is 25.0 Å². The summed E-state index contributed by atoms with van der Waals surface area (Å²) in [5.41, 5.74) is 1.45. The second kappa shape index (κ2) is 6.85. The minimum Gasteiger partial charge on any atom is -0.497 e. The topological polar surface area (TPSA) is 57.5 Å². The predicted molar refractivity (Wildman–Crippen MR) is 80.0 cm³/mol. The smallest absolute Gasteiger partial charge is 0.261 e. The molecule has 0 bridgehead atoms. The molecule has 0 fully saturated rings. The third kappa shape index (κ3) is 3.20. The van der Waals surface area contributed by atoms with Gasteiger partial charge >= 0.3 is 0 Å². The molecule has 0 unspecified atom stereocenters. The number of nitrogens with zero attached hydrogens (tertiary/aromatic N) is 1. The van der Waals surface area contributed by atoms with E-state index >= 15 is 0 Å². The molecule has 0 radical (unpaired) electrons. The fourth-order valence-electron chi connectivity index (χ4n) is 2.10. The van der Waals surface area contributed by atoms with Crippen LogP contribution in [0.15, 0.2) is 41.2 Å². The van der Waals surface area contributed by atoms with Crippen LogP contribution in [0.1, 0.15) is 10.4 Å². The number of hydrogen-bond acceptors (Lipinski definition) is 4. The Bertz CT molecular complexity index is 674. The average molecular weight is 287 g/mol. The number of pyridine rings is 1. The molecule has 0 aliphatic heterocycles. The van der Waals surface area contributed by atoms with Gasteiger partial charge in [-0.15, -0.1) is 0 Å². The summed E-state index contributed by atoms with van der Waals surface area (Å²) in [4.78, 5) is 23.2. The van der Waals surface area contributed by atoms with E-state index in [4.69, 9.17) is 9.47 Å². The van der Waals surface area contributed by atoms with Crippen molar-refractivity contribution in [1.82, 2.24) is 4.57 Å². The van der Waals surface area contributed by atoms with E-state index < -0.39 is 0 Å². The van der Waals surface area contributed by atoms with Gasteiger partial charge in [-0.2, -0.15) is 0 Å². The lowest BCUT2D eigenvalue weighted by atomic mass is 10.1. The minimum atomic E-state index is -0.310. The zero-order valence-corrected chi connectivity index (χ0v) is 12.0. The molecule has 0 aliphatic rings. The third-order valence-electron chi connectivity index (χ3n) is 3.24. The highest BCUT2D eigenvalue weighted by molar-refractivity contribution is 5.75. The van der Waals surface area contributed by atoms with E-state index in [0.29, 0.717) is 19.4 Å². The number of rotatable bonds is 6. The normalized spacial score (nSPS) is 10.4. The van der Waals surface area contributed by atoms with Crippen LogP contribution in [0.3, 0.4) is 0 Å². The largest absolute Gasteiger partial charge is 0.497 e. The van der Waals surface area contributed by atoms with Crippen molar-refractivity contribution < 1.29 is 14.3 Å². The van der Waals surface area contributed by atoms with Crippen LogP contribution in [-0.4, -0.2) is 31.7 Å². The molecular weight excluding hydrogens is 270 g/mol. The fourth-order valence-corrected chi connectivity index (χ4v) is 2.10. The van der Waals surface area contributed by atoms with Crippen molar-refractivity contribution in [2.45, 2.75) is 6.54 Å². The second-order valence-electron chi connectivity index (χ2n) is 4.47. The zero-order valence-electron chi connectivity index (χ0n) is 12.0. The molecule has 1 aromatic heterocycles. The van der Waals surface area contributed by atoms with Gasteiger partial charge in [0.1, 0.15) is 5.75 Å². The molecule has 0 N–H and O–H groups in total. The molecule has 1 aromatic carbocycles. The minimum absolute atomic E-state index is 0.142. The number of carbonyl (C=O) groups excluding carboxylic acids is 1. The molecule has 2 aromatic rings. The first-order valence-electron chi connectivity index (χ1n) is 6.53. The summed E-state index contributed by atoms with van der Waals surface area (Å²) in [5.74, 6) is 0.744. The Morgan fingerprint density at radius 1 is 1.10 bits per heavy atom. The summed E-state index contributed by atoms with van der Waals surface area (Å²) < 4.78 is 11.7. The van der Waals surface area contributed by atoms with Crippen LogP contribution < -0.4 is 10.3 Å². The summed E-state index contributed by atoms with van der Waals surface area (Å²) in [6.07, 6.45) is 0.573. The molecule has 0 spiro atoms.